The van der Waals surface area contributed by atoms with Crippen LogP contribution >= 0.6 is 11.3 Å². The van der Waals surface area contributed by atoms with E-state index >= 15 is 4.39 Å². The third kappa shape index (κ3) is 4.89. The number of unbranched alkanes of at least 4 members (excludes halogenated alkanes) is 1. The van der Waals surface area contributed by atoms with E-state index in [4.69, 9.17) is 9.47 Å². The Morgan fingerprint density at radius 3 is 2.71 bits per heavy atom. The number of methoxy groups -OCH3 is 1. The molecule has 2 heterocycles. The average molecular weight is 497 g/mol. The molecule has 2 N–H and O–H groups in total. The summed E-state index contributed by atoms with van der Waals surface area (Å²) in [6.45, 7) is 6.35. The fourth-order valence-electron chi connectivity index (χ4n) is 4.25. The number of H-pyrrole nitrogens is 1. The van der Waals surface area contributed by atoms with E-state index in [0.29, 0.717) is 39.3 Å². The molecule has 0 aliphatic carbocycles. The number of carbonyl (C=O) groups is 1. The molecule has 0 aliphatic rings. The molecule has 0 spiro atoms. The van der Waals surface area contributed by atoms with Crippen molar-refractivity contribution in [3.63, 3.8) is 0 Å². The zero-order valence-corrected chi connectivity index (χ0v) is 21.1. The van der Waals surface area contributed by atoms with Crippen molar-refractivity contribution in [1.29, 1.82) is 0 Å². The molecule has 0 bridgehead atoms. The van der Waals surface area contributed by atoms with Crippen LogP contribution in [0, 0.1) is 5.82 Å². The zero-order chi connectivity index (χ0) is 25.2. The van der Waals surface area contributed by atoms with Crippen molar-refractivity contribution < 1.29 is 18.7 Å². The Bertz CT molecular complexity index is 1440. The fourth-order valence-corrected chi connectivity index (χ4v) is 5.05. The summed E-state index contributed by atoms with van der Waals surface area (Å²) >= 11 is 1.37. The second-order valence-electron chi connectivity index (χ2n) is 9.10. The number of amides is 1. The Labute approximate surface area is 207 Å². The first-order valence-electron chi connectivity index (χ1n) is 11.6. The van der Waals surface area contributed by atoms with E-state index in [9.17, 15) is 9.59 Å². The van der Waals surface area contributed by atoms with Crippen molar-refractivity contribution in [2.75, 3.05) is 20.3 Å². The van der Waals surface area contributed by atoms with Crippen molar-refractivity contribution in [3.05, 3.63) is 63.5 Å². The summed E-state index contributed by atoms with van der Waals surface area (Å²) in [6.07, 6.45) is 1.24. The number of ether oxygens (including phenoxy) is 2. The van der Waals surface area contributed by atoms with Crippen LogP contribution in [0.3, 0.4) is 0 Å². The van der Waals surface area contributed by atoms with Crippen LogP contribution in [-0.4, -0.2) is 31.3 Å². The van der Waals surface area contributed by atoms with Gasteiger partial charge in [0.25, 0.3) is 5.56 Å². The summed E-state index contributed by atoms with van der Waals surface area (Å²) in [6, 6.07) is 10.5. The summed E-state index contributed by atoms with van der Waals surface area (Å²) in [7, 11) is 1.57. The molecule has 0 radical (unpaired) electrons. The number of benzene rings is 2. The normalized spacial score (nSPS) is 11.7. The van der Waals surface area contributed by atoms with Gasteiger partial charge in [-0.05, 0) is 47.2 Å². The summed E-state index contributed by atoms with van der Waals surface area (Å²) in [5.41, 5.74) is 1.67. The van der Waals surface area contributed by atoms with Crippen molar-refractivity contribution in [1.82, 2.24) is 10.3 Å². The molecular formula is C27H29FN2O4S. The Kier molecular flexibility index (Phi) is 7.12. The molecule has 8 heteroatoms. The molecule has 0 saturated carbocycles. The van der Waals surface area contributed by atoms with Gasteiger partial charge in [0.2, 0.25) is 0 Å². The number of alkyl carbamates (subject to hydrolysis) is 1. The lowest BCUT2D eigenvalue weighted by atomic mass is 9.83. The second-order valence-corrected chi connectivity index (χ2v) is 10.0. The third-order valence-corrected chi connectivity index (χ3v) is 7.08. The minimum Gasteiger partial charge on any atom is -0.496 e. The molecule has 0 atom stereocenters. The maximum Gasteiger partial charge on any atom is 0.407 e. The Hall–Kier alpha value is -3.39. The minimum absolute atomic E-state index is 0.150. The van der Waals surface area contributed by atoms with Gasteiger partial charge in [0.15, 0.2) is 0 Å². The largest absolute Gasteiger partial charge is 0.496 e. The number of fused-ring (bicyclic) bond motifs is 3. The lowest BCUT2D eigenvalue weighted by Gasteiger charge is -2.26. The number of nitrogens with one attached hydrogen (secondary N) is 2. The smallest absolute Gasteiger partial charge is 0.407 e. The van der Waals surface area contributed by atoms with Crippen molar-refractivity contribution in [3.8, 4) is 16.9 Å². The van der Waals surface area contributed by atoms with E-state index < -0.39 is 17.3 Å². The monoisotopic (exact) mass is 496 g/mol. The third-order valence-electron chi connectivity index (χ3n) is 6.17. The van der Waals surface area contributed by atoms with Crippen LogP contribution < -0.4 is 15.6 Å². The van der Waals surface area contributed by atoms with E-state index in [0.717, 1.165) is 23.6 Å². The number of aromatic amines is 1. The number of hydrogen-bond donors (Lipinski definition) is 2. The van der Waals surface area contributed by atoms with Crippen molar-refractivity contribution in [2.45, 2.75) is 39.0 Å². The Morgan fingerprint density at radius 1 is 1.20 bits per heavy atom. The van der Waals surface area contributed by atoms with Gasteiger partial charge in [0.05, 0.1) is 13.7 Å². The van der Waals surface area contributed by atoms with Crippen LogP contribution in [-0.2, 0) is 10.2 Å². The maximum atomic E-state index is 15.5. The first kappa shape index (κ1) is 24.7. The highest BCUT2D eigenvalue weighted by molar-refractivity contribution is 7.17. The summed E-state index contributed by atoms with van der Waals surface area (Å²) in [5.74, 6) is 0.193. The second kappa shape index (κ2) is 10.1. The van der Waals surface area contributed by atoms with Gasteiger partial charge in [-0.1, -0.05) is 39.3 Å². The van der Waals surface area contributed by atoms with E-state index in [1.54, 1.807) is 25.3 Å². The molecule has 1 amide bonds. The molecule has 0 aliphatic heterocycles. The number of halogens is 1. The molecule has 2 aromatic heterocycles. The van der Waals surface area contributed by atoms with Crippen LogP contribution in [0.25, 0.3) is 32.1 Å². The minimum atomic E-state index is -0.666. The van der Waals surface area contributed by atoms with Gasteiger partial charge >= 0.3 is 6.09 Å². The van der Waals surface area contributed by atoms with Gasteiger partial charge in [0, 0.05) is 33.8 Å². The Balaban J connectivity index is 1.72. The van der Waals surface area contributed by atoms with Gasteiger partial charge in [0.1, 0.15) is 16.3 Å². The van der Waals surface area contributed by atoms with Crippen molar-refractivity contribution >= 4 is 38.4 Å². The van der Waals surface area contributed by atoms with E-state index in [1.807, 2.05) is 38.3 Å². The predicted octanol–water partition coefficient (Wildman–Crippen LogP) is 6.36. The van der Waals surface area contributed by atoms with Gasteiger partial charge in [-0.3, -0.25) is 4.79 Å². The molecule has 0 unspecified atom stereocenters. The highest BCUT2D eigenvalue weighted by Gasteiger charge is 2.26. The number of hydrogen-bond acceptors (Lipinski definition) is 5. The molecule has 35 heavy (non-hydrogen) atoms. The van der Waals surface area contributed by atoms with Gasteiger partial charge < -0.3 is 19.8 Å². The molecule has 184 valence electrons. The standard InChI is InChI=1S/C27H29FN2O4S/c1-5-6-12-34-26(32)29-15-27(2,3)18-8-7-16(14-19(18)28)22-21(33-4)10-9-20-23(22)17-11-13-35-24(17)25(31)30-20/h7-11,13-14H,5-6,12,15H2,1-4H3,(H,29,32)(H,30,31). The SMILES string of the molecule is CCCCOC(=O)NCC(C)(C)c1ccc(-c2c(OC)ccc3[nH]c(=O)c4sccc4c23)cc1F. The Morgan fingerprint density at radius 2 is 2.00 bits per heavy atom. The van der Waals surface area contributed by atoms with Gasteiger partial charge in [-0.2, -0.15) is 0 Å². The van der Waals surface area contributed by atoms with Gasteiger partial charge in [-0.25, -0.2) is 9.18 Å². The number of pyridine rings is 1. The number of carbonyl (C=O) groups excluding carboxylic acids is 1. The highest BCUT2D eigenvalue weighted by Crippen LogP contribution is 2.41. The summed E-state index contributed by atoms with van der Waals surface area (Å²) in [4.78, 5) is 27.4. The maximum absolute atomic E-state index is 15.5. The molecule has 4 aromatic rings. The van der Waals surface area contributed by atoms with Crippen LogP contribution in [0.2, 0.25) is 0 Å². The number of rotatable bonds is 8. The topological polar surface area (TPSA) is 80.4 Å². The average Bonchev–Trinajstić information content (AvgIpc) is 3.33. The van der Waals surface area contributed by atoms with Crippen LogP contribution in [0.1, 0.15) is 39.2 Å². The summed E-state index contributed by atoms with van der Waals surface area (Å²) < 4.78 is 26.9. The number of aromatic nitrogens is 1. The lowest BCUT2D eigenvalue weighted by Crippen LogP contribution is -2.37. The lowest BCUT2D eigenvalue weighted by molar-refractivity contribution is 0.142. The first-order chi connectivity index (χ1) is 16.8. The predicted molar refractivity (Wildman–Crippen MR) is 139 cm³/mol. The highest BCUT2D eigenvalue weighted by atomic mass is 32.1. The zero-order valence-electron chi connectivity index (χ0n) is 20.3. The van der Waals surface area contributed by atoms with E-state index in [2.05, 4.69) is 10.3 Å². The molecule has 2 aromatic carbocycles. The van der Waals surface area contributed by atoms with Crippen molar-refractivity contribution in [2.24, 2.45) is 0 Å². The van der Waals surface area contributed by atoms with E-state index in [1.165, 1.54) is 17.4 Å². The number of thiophene rings is 1. The van der Waals surface area contributed by atoms with Crippen LogP contribution in [0.5, 0.6) is 5.75 Å². The molecule has 6 nitrogen and oxygen atoms in total. The molecule has 0 saturated heterocycles. The summed E-state index contributed by atoms with van der Waals surface area (Å²) in [5, 5.41) is 6.22. The molecular weight excluding hydrogens is 467 g/mol. The quantitative estimate of drug-likeness (QED) is 0.278. The van der Waals surface area contributed by atoms with Gasteiger partial charge in [-0.15, -0.1) is 11.3 Å². The molecule has 0 fully saturated rings. The van der Waals surface area contributed by atoms with E-state index in [-0.39, 0.29) is 12.1 Å². The first-order valence-corrected chi connectivity index (χ1v) is 12.5. The fraction of sp³-hybridized carbons (Fsp3) is 0.333. The van der Waals surface area contributed by atoms with Crippen LogP contribution in [0.4, 0.5) is 9.18 Å². The van der Waals surface area contributed by atoms with Crippen LogP contribution in [0.15, 0.2) is 46.6 Å². The molecule has 4 rings (SSSR count).